The van der Waals surface area contributed by atoms with Gasteiger partial charge in [-0.25, -0.2) is 9.78 Å². The molecule has 1 amide bonds. The minimum absolute atomic E-state index is 0.0391. The van der Waals surface area contributed by atoms with Crippen LogP contribution in [0, 0.1) is 0 Å². The summed E-state index contributed by atoms with van der Waals surface area (Å²) in [7, 11) is 0. The van der Waals surface area contributed by atoms with Crippen molar-refractivity contribution in [3.8, 4) is 10.6 Å². The summed E-state index contributed by atoms with van der Waals surface area (Å²) >= 11 is 2.86. The van der Waals surface area contributed by atoms with Crippen LogP contribution in [0.1, 0.15) is 16.9 Å². The predicted octanol–water partition coefficient (Wildman–Crippen LogP) is 1.44. The van der Waals surface area contributed by atoms with Gasteiger partial charge in [0.25, 0.3) is 5.91 Å². The zero-order valence-electron chi connectivity index (χ0n) is 10.3. The number of amides is 1. The summed E-state index contributed by atoms with van der Waals surface area (Å²) in [4.78, 5) is 27.0. The normalized spacial score (nSPS) is 12.1. The molecule has 0 saturated carbocycles. The number of carboxylic acids is 1. The van der Waals surface area contributed by atoms with Crippen molar-refractivity contribution in [3.63, 3.8) is 0 Å². The quantitative estimate of drug-likeness (QED) is 0.749. The molecule has 0 saturated heterocycles. The third kappa shape index (κ3) is 3.41. The van der Waals surface area contributed by atoms with Crippen molar-refractivity contribution in [2.75, 3.05) is 6.61 Å². The molecule has 106 valence electrons. The van der Waals surface area contributed by atoms with Gasteiger partial charge in [-0.05, 0) is 11.4 Å². The molecule has 2 heterocycles. The van der Waals surface area contributed by atoms with E-state index in [4.69, 9.17) is 10.2 Å². The molecule has 20 heavy (non-hydrogen) atoms. The first-order valence-corrected chi connectivity index (χ1v) is 7.56. The number of carboxylic acid groups (broad SMARTS) is 1. The SMILES string of the molecule is O=C(N[C@H](CCO)C(=O)O)c1csc(-c2ccsc2)n1. The van der Waals surface area contributed by atoms with Gasteiger partial charge in [-0.2, -0.15) is 11.3 Å². The second kappa shape index (κ2) is 6.60. The zero-order chi connectivity index (χ0) is 14.5. The maximum atomic E-state index is 11.9. The summed E-state index contributed by atoms with van der Waals surface area (Å²) in [5, 5.41) is 26.2. The number of carbonyl (C=O) groups is 2. The van der Waals surface area contributed by atoms with Crippen molar-refractivity contribution in [2.24, 2.45) is 0 Å². The molecule has 0 unspecified atom stereocenters. The summed E-state index contributed by atoms with van der Waals surface area (Å²) in [5.74, 6) is -1.73. The Labute approximate surface area is 122 Å². The van der Waals surface area contributed by atoms with E-state index in [-0.39, 0.29) is 18.7 Å². The Morgan fingerprint density at radius 3 is 2.80 bits per heavy atom. The first-order chi connectivity index (χ1) is 9.61. The molecule has 0 aliphatic rings. The maximum Gasteiger partial charge on any atom is 0.326 e. The highest BCUT2D eigenvalue weighted by Gasteiger charge is 2.21. The molecule has 2 aromatic heterocycles. The lowest BCUT2D eigenvalue weighted by atomic mass is 10.2. The lowest BCUT2D eigenvalue weighted by Crippen LogP contribution is -2.41. The summed E-state index contributed by atoms with van der Waals surface area (Å²) in [5.41, 5.74) is 1.12. The third-order valence-electron chi connectivity index (χ3n) is 2.53. The van der Waals surface area contributed by atoms with Gasteiger partial charge in [0.05, 0.1) is 0 Å². The number of aliphatic hydroxyl groups excluding tert-OH is 1. The minimum Gasteiger partial charge on any atom is -0.480 e. The number of aliphatic carboxylic acids is 1. The van der Waals surface area contributed by atoms with Crippen LogP contribution in [-0.2, 0) is 4.79 Å². The number of nitrogens with zero attached hydrogens (tertiary/aromatic N) is 1. The van der Waals surface area contributed by atoms with E-state index in [9.17, 15) is 9.59 Å². The van der Waals surface area contributed by atoms with Gasteiger partial charge >= 0.3 is 5.97 Å². The van der Waals surface area contributed by atoms with Crippen LogP contribution in [0.15, 0.2) is 22.2 Å². The van der Waals surface area contributed by atoms with E-state index in [0.29, 0.717) is 5.01 Å². The fourth-order valence-electron chi connectivity index (χ4n) is 1.52. The average Bonchev–Trinajstić information content (AvgIpc) is 3.08. The molecule has 0 aliphatic carbocycles. The molecular weight excluding hydrogens is 300 g/mol. The molecule has 0 spiro atoms. The Bertz CT molecular complexity index is 594. The molecule has 1 atom stereocenters. The smallest absolute Gasteiger partial charge is 0.326 e. The second-order valence-electron chi connectivity index (χ2n) is 3.93. The topological polar surface area (TPSA) is 99.5 Å². The standard InChI is InChI=1S/C12H12N2O4S2/c15-3-1-8(12(17)18)13-10(16)9-6-20-11(14-9)7-2-4-19-5-7/h2,4-6,8,15H,1,3H2,(H,13,16)(H,17,18)/t8-/m1/s1. The lowest BCUT2D eigenvalue weighted by molar-refractivity contribution is -0.139. The van der Waals surface area contributed by atoms with E-state index in [2.05, 4.69) is 10.3 Å². The Morgan fingerprint density at radius 1 is 1.40 bits per heavy atom. The molecular formula is C12H12N2O4S2. The number of thiophene rings is 1. The van der Waals surface area contributed by atoms with E-state index < -0.39 is 17.9 Å². The predicted molar refractivity (Wildman–Crippen MR) is 76.0 cm³/mol. The van der Waals surface area contributed by atoms with Gasteiger partial charge in [0, 0.05) is 29.4 Å². The maximum absolute atomic E-state index is 11.9. The number of aliphatic hydroxyl groups is 1. The molecule has 2 rings (SSSR count). The van der Waals surface area contributed by atoms with Crippen LogP contribution in [0.25, 0.3) is 10.6 Å². The Morgan fingerprint density at radius 2 is 2.20 bits per heavy atom. The van der Waals surface area contributed by atoms with Crippen LogP contribution >= 0.6 is 22.7 Å². The fourth-order valence-corrected chi connectivity index (χ4v) is 3.03. The highest BCUT2D eigenvalue weighted by atomic mass is 32.1. The first kappa shape index (κ1) is 14.6. The number of hydrogen-bond acceptors (Lipinski definition) is 6. The molecule has 3 N–H and O–H groups in total. The summed E-state index contributed by atoms with van der Waals surface area (Å²) in [6, 6.07) is 0.788. The lowest BCUT2D eigenvalue weighted by Gasteiger charge is -2.11. The Balaban J connectivity index is 2.08. The minimum atomic E-state index is -1.18. The van der Waals surface area contributed by atoms with Crippen LogP contribution in [0.4, 0.5) is 0 Å². The summed E-state index contributed by atoms with van der Waals surface area (Å²) < 4.78 is 0. The molecule has 0 radical (unpaired) electrons. The van der Waals surface area contributed by atoms with Gasteiger partial charge in [-0.1, -0.05) is 0 Å². The molecule has 0 bridgehead atoms. The van der Waals surface area contributed by atoms with Crippen molar-refractivity contribution >= 4 is 34.6 Å². The van der Waals surface area contributed by atoms with Crippen molar-refractivity contribution < 1.29 is 19.8 Å². The molecule has 0 fully saturated rings. The molecule has 0 aromatic carbocycles. The fraction of sp³-hybridized carbons (Fsp3) is 0.250. The number of rotatable bonds is 6. The van der Waals surface area contributed by atoms with E-state index in [0.717, 1.165) is 5.56 Å². The summed E-state index contributed by atoms with van der Waals surface area (Å²) in [6.45, 7) is -0.311. The van der Waals surface area contributed by atoms with Crippen LogP contribution < -0.4 is 5.32 Å². The van der Waals surface area contributed by atoms with Gasteiger partial charge in [0.1, 0.15) is 16.7 Å². The van der Waals surface area contributed by atoms with Crippen LogP contribution in [0.2, 0.25) is 0 Å². The number of nitrogens with one attached hydrogen (secondary N) is 1. The van der Waals surface area contributed by atoms with E-state index in [1.165, 1.54) is 22.7 Å². The second-order valence-corrected chi connectivity index (χ2v) is 5.56. The van der Waals surface area contributed by atoms with Gasteiger partial charge in [0.15, 0.2) is 0 Å². The molecule has 8 heteroatoms. The largest absolute Gasteiger partial charge is 0.480 e. The van der Waals surface area contributed by atoms with Crippen LogP contribution in [-0.4, -0.2) is 39.7 Å². The van der Waals surface area contributed by atoms with Gasteiger partial charge in [-0.15, -0.1) is 11.3 Å². The Hall–Kier alpha value is -1.77. The number of carbonyl (C=O) groups excluding carboxylic acids is 1. The third-order valence-corrected chi connectivity index (χ3v) is 4.10. The van der Waals surface area contributed by atoms with Gasteiger partial charge < -0.3 is 15.5 Å². The Kier molecular flexibility index (Phi) is 4.83. The van der Waals surface area contributed by atoms with E-state index in [1.54, 1.807) is 5.38 Å². The highest BCUT2D eigenvalue weighted by Crippen LogP contribution is 2.25. The summed E-state index contributed by atoms with van der Waals surface area (Å²) in [6.07, 6.45) is -0.0391. The van der Waals surface area contributed by atoms with Gasteiger partial charge in [0.2, 0.25) is 0 Å². The van der Waals surface area contributed by atoms with Gasteiger partial charge in [-0.3, -0.25) is 4.79 Å². The highest BCUT2D eigenvalue weighted by molar-refractivity contribution is 7.14. The molecule has 0 aliphatic heterocycles. The molecule has 2 aromatic rings. The van der Waals surface area contributed by atoms with Crippen LogP contribution in [0.5, 0.6) is 0 Å². The van der Waals surface area contributed by atoms with Crippen molar-refractivity contribution in [2.45, 2.75) is 12.5 Å². The van der Waals surface area contributed by atoms with Crippen molar-refractivity contribution in [1.29, 1.82) is 0 Å². The van der Waals surface area contributed by atoms with Crippen LogP contribution in [0.3, 0.4) is 0 Å². The first-order valence-electron chi connectivity index (χ1n) is 5.74. The number of aromatic nitrogens is 1. The zero-order valence-corrected chi connectivity index (χ0v) is 11.9. The average molecular weight is 312 g/mol. The molecule has 6 nitrogen and oxygen atoms in total. The van der Waals surface area contributed by atoms with E-state index >= 15 is 0 Å². The monoisotopic (exact) mass is 312 g/mol. The van der Waals surface area contributed by atoms with Crippen molar-refractivity contribution in [1.82, 2.24) is 10.3 Å². The number of hydrogen-bond donors (Lipinski definition) is 3. The number of thiazole rings is 1. The van der Waals surface area contributed by atoms with E-state index in [1.807, 2.05) is 16.8 Å². The van der Waals surface area contributed by atoms with Crippen molar-refractivity contribution in [3.05, 3.63) is 27.9 Å².